The molecule has 0 unspecified atom stereocenters. The van der Waals surface area contributed by atoms with Crippen LogP contribution in [0.2, 0.25) is 5.02 Å². The lowest BCUT2D eigenvalue weighted by molar-refractivity contribution is 0.453. The van der Waals surface area contributed by atoms with Crippen LogP contribution < -0.4 is 5.73 Å². The molecule has 0 aliphatic carbocycles. The molecule has 0 bridgehead atoms. The minimum absolute atomic E-state index is 0.115. The van der Waals surface area contributed by atoms with Gasteiger partial charge in [0.25, 0.3) is 0 Å². The van der Waals surface area contributed by atoms with Crippen LogP contribution in [0.3, 0.4) is 0 Å². The number of rotatable bonds is 5. The third-order valence-electron chi connectivity index (χ3n) is 2.79. The molecule has 6 heteroatoms. The van der Waals surface area contributed by atoms with E-state index in [2.05, 4.69) is 6.58 Å². The van der Waals surface area contributed by atoms with E-state index in [1.165, 1.54) is 16.4 Å². The number of nitrogen functional groups attached to an aromatic ring is 1. The van der Waals surface area contributed by atoms with Crippen molar-refractivity contribution in [1.82, 2.24) is 4.31 Å². The number of halogens is 1. The number of likely N-dealkylation sites (N-methyl/N-ethyl adjacent to an activating group) is 1. The first-order chi connectivity index (χ1) is 8.70. The molecule has 0 heterocycles. The van der Waals surface area contributed by atoms with Crippen molar-refractivity contribution < 1.29 is 8.42 Å². The molecule has 0 aliphatic heterocycles. The van der Waals surface area contributed by atoms with E-state index in [9.17, 15) is 8.42 Å². The third kappa shape index (κ3) is 3.49. The van der Waals surface area contributed by atoms with Crippen molar-refractivity contribution in [2.75, 3.05) is 18.8 Å². The predicted octanol–water partition coefficient (Wildman–Crippen LogP) is 2.82. The van der Waals surface area contributed by atoms with Gasteiger partial charge in [-0.15, -0.1) is 0 Å². The third-order valence-corrected chi connectivity index (χ3v) is 5.09. The molecule has 0 saturated carbocycles. The van der Waals surface area contributed by atoms with Crippen molar-refractivity contribution in [3.63, 3.8) is 0 Å². The van der Waals surface area contributed by atoms with Gasteiger partial charge in [0.15, 0.2) is 0 Å². The fourth-order valence-corrected chi connectivity index (χ4v) is 3.50. The molecule has 1 rings (SSSR count). The molecular weight excluding hydrogens is 284 g/mol. The average Bonchev–Trinajstić information content (AvgIpc) is 2.31. The van der Waals surface area contributed by atoms with Crippen LogP contribution in [0.15, 0.2) is 29.2 Å². The van der Waals surface area contributed by atoms with Gasteiger partial charge < -0.3 is 5.73 Å². The van der Waals surface area contributed by atoms with Gasteiger partial charge in [-0.3, -0.25) is 0 Å². The number of hydrogen-bond donors (Lipinski definition) is 1. The molecule has 19 heavy (non-hydrogen) atoms. The maximum atomic E-state index is 12.5. The molecule has 0 amide bonds. The molecular formula is C13H19ClN2O2S. The van der Waals surface area contributed by atoms with Crippen LogP contribution in [0.4, 0.5) is 5.69 Å². The summed E-state index contributed by atoms with van der Waals surface area (Å²) in [5.41, 5.74) is 7.61. The lowest BCUT2D eigenvalue weighted by Gasteiger charge is -2.21. The van der Waals surface area contributed by atoms with E-state index in [1.54, 1.807) is 20.8 Å². The zero-order valence-electron chi connectivity index (χ0n) is 11.4. The number of nitrogens with two attached hydrogens (primary N) is 1. The summed E-state index contributed by atoms with van der Waals surface area (Å²) in [6, 6.07) is 2.88. The van der Waals surface area contributed by atoms with Gasteiger partial charge in [0.2, 0.25) is 10.0 Å². The van der Waals surface area contributed by atoms with Crippen LogP contribution in [0, 0.1) is 6.92 Å². The quantitative estimate of drug-likeness (QED) is 0.672. The van der Waals surface area contributed by atoms with Gasteiger partial charge in [-0.05, 0) is 31.5 Å². The highest BCUT2D eigenvalue weighted by molar-refractivity contribution is 7.89. The molecule has 0 radical (unpaired) electrons. The van der Waals surface area contributed by atoms with Gasteiger partial charge in [0.1, 0.15) is 0 Å². The Morgan fingerprint density at radius 3 is 2.47 bits per heavy atom. The minimum atomic E-state index is -3.60. The van der Waals surface area contributed by atoms with E-state index >= 15 is 0 Å². The van der Waals surface area contributed by atoms with Gasteiger partial charge in [-0.2, -0.15) is 4.31 Å². The largest absolute Gasteiger partial charge is 0.398 e. The van der Waals surface area contributed by atoms with Crippen molar-refractivity contribution in [2.24, 2.45) is 0 Å². The summed E-state index contributed by atoms with van der Waals surface area (Å²) in [5.74, 6) is 0. The second-order valence-corrected chi connectivity index (χ2v) is 6.85. The molecule has 2 N–H and O–H groups in total. The van der Waals surface area contributed by atoms with E-state index in [-0.39, 0.29) is 11.4 Å². The highest BCUT2D eigenvalue weighted by atomic mass is 35.5. The molecule has 106 valence electrons. The molecule has 0 spiro atoms. The normalized spacial score (nSPS) is 11.8. The molecule has 4 nitrogen and oxygen atoms in total. The second kappa shape index (κ2) is 5.94. The van der Waals surface area contributed by atoms with Gasteiger partial charge in [0, 0.05) is 23.8 Å². The standard InChI is InChI=1S/C13H19ClN2O2S/c1-5-16(8-9(2)3)19(17,18)11-6-12(14)10(4)13(15)7-11/h6-7H,2,5,8,15H2,1,3-4H3. The average molecular weight is 303 g/mol. The summed E-state index contributed by atoms with van der Waals surface area (Å²) in [6.07, 6.45) is 0. The summed E-state index contributed by atoms with van der Waals surface area (Å²) in [5, 5.41) is 0.352. The van der Waals surface area contributed by atoms with E-state index in [4.69, 9.17) is 17.3 Å². The minimum Gasteiger partial charge on any atom is -0.398 e. The summed E-state index contributed by atoms with van der Waals surface area (Å²) < 4.78 is 26.3. The van der Waals surface area contributed by atoms with Gasteiger partial charge in [-0.1, -0.05) is 30.7 Å². The van der Waals surface area contributed by atoms with Crippen LogP contribution in [0.5, 0.6) is 0 Å². The Bertz CT molecular complexity index is 574. The summed E-state index contributed by atoms with van der Waals surface area (Å²) >= 11 is 6.00. The first kappa shape index (κ1) is 16.0. The fourth-order valence-electron chi connectivity index (χ4n) is 1.64. The van der Waals surface area contributed by atoms with E-state index in [0.717, 1.165) is 5.57 Å². The Labute approximate surface area is 119 Å². The molecule has 1 aromatic rings. The van der Waals surface area contributed by atoms with Crippen molar-refractivity contribution in [1.29, 1.82) is 0 Å². The Kier molecular flexibility index (Phi) is 5.01. The number of anilines is 1. The molecule has 0 aromatic heterocycles. The number of benzene rings is 1. The lowest BCUT2D eigenvalue weighted by Crippen LogP contribution is -2.32. The highest BCUT2D eigenvalue weighted by Crippen LogP contribution is 2.27. The number of hydrogen-bond acceptors (Lipinski definition) is 3. The highest BCUT2D eigenvalue weighted by Gasteiger charge is 2.24. The maximum Gasteiger partial charge on any atom is 0.243 e. The lowest BCUT2D eigenvalue weighted by atomic mass is 10.2. The Morgan fingerprint density at radius 1 is 1.47 bits per heavy atom. The number of nitrogens with zero attached hydrogens (tertiary/aromatic N) is 1. The van der Waals surface area contributed by atoms with Gasteiger partial charge >= 0.3 is 0 Å². The van der Waals surface area contributed by atoms with E-state index in [0.29, 0.717) is 22.8 Å². The first-order valence-corrected chi connectivity index (χ1v) is 7.72. The molecule has 0 atom stereocenters. The summed E-state index contributed by atoms with van der Waals surface area (Å²) in [7, 11) is -3.60. The van der Waals surface area contributed by atoms with Gasteiger partial charge in [-0.25, -0.2) is 8.42 Å². The van der Waals surface area contributed by atoms with Crippen LogP contribution in [-0.2, 0) is 10.0 Å². The van der Waals surface area contributed by atoms with E-state index < -0.39 is 10.0 Å². The fraction of sp³-hybridized carbons (Fsp3) is 0.385. The molecule has 0 fully saturated rings. The SMILES string of the molecule is C=C(C)CN(CC)S(=O)(=O)c1cc(N)c(C)c(Cl)c1. The van der Waals surface area contributed by atoms with Gasteiger partial charge in [0.05, 0.1) is 4.90 Å². The van der Waals surface area contributed by atoms with Crippen LogP contribution >= 0.6 is 11.6 Å². The zero-order valence-corrected chi connectivity index (χ0v) is 13.0. The number of sulfonamides is 1. The van der Waals surface area contributed by atoms with E-state index in [1.807, 2.05) is 0 Å². The van der Waals surface area contributed by atoms with Crippen LogP contribution in [0.1, 0.15) is 19.4 Å². The van der Waals surface area contributed by atoms with Crippen molar-refractivity contribution >= 4 is 27.3 Å². The topological polar surface area (TPSA) is 63.4 Å². The molecule has 0 saturated heterocycles. The predicted molar refractivity (Wildman–Crippen MR) is 79.8 cm³/mol. The zero-order chi connectivity index (χ0) is 14.8. The Hall–Kier alpha value is -1.04. The van der Waals surface area contributed by atoms with Crippen molar-refractivity contribution in [3.8, 4) is 0 Å². The Morgan fingerprint density at radius 2 is 2.05 bits per heavy atom. The van der Waals surface area contributed by atoms with Crippen molar-refractivity contribution in [3.05, 3.63) is 34.9 Å². The van der Waals surface area contributed by atoms with Crippen molar-refractivity contribution in [2.45, 2.75) is 25.7 Å². The van der Waals surface area contributed by atoms with Crippen LogP contribution in [-0.4, -0.2) is 25.8 Å². The maximum absolute atomic E-state index is 12.5. The molecule has 0 aliphatic rings. The Balaban J connectivity index is 3.30. The second-order valence-electron chi connectivity index (χ2n) is 4.51. The smallest absolute Gasteiger partial charge is 0.243 e. The monoisotopic (exact) mass is 302 g/mol. The van der Waals surface area contributed by atoms with Crippen LogP contribution in [0.25, 0.3) is 0 Å². The molecule has 1 aromatic carbocycles. The first-order valence-electron chi connectivity index (χ1n) is 5.90. The summed E-state index contributed by atoms with van der Waals surface area (Å²) in [6.45, 7) is 9.70. The summed E-state index contributed by atoms with van der Waals surface area (Å²) in [4.78, 5) is 0.115.